The molecular formula is C23H22O6S2. The summed E-state index contributed by atoms with van der Waals surface area (Å²) in [5.41, 5.74) is 0.0881. The largest absolute Gasteiger partial charge is 0.486 e. The van der Waals surface area contributed by atoms with Crippen LogP contribution in [0, 0.1) is 6.92 Å². The lowest BCUT2D eigenvalue weighted by Crippen LogP contribution is -2.43. The molecule has 0 radical (unpaired) electrons. The second-order valence-electron chi connectivity index (χ2n) is 7.39. The molecule has 0 fully saturated rings. The lowest BCUT2D eigenvalue weighted by atomic mass is 10.0. The number of aryl methyl sites for hydroxylation is 2. The second-order valence-corrected chi connectivity index (χ2v) is 11.0. The van der Waals surface area contributed by atoms with Crippen LogP contribution >= 0.6 is 0 Å². The summed E-state index contributed by atoms with van der Waals surface area (Å²) < 4.78 is 64.2. The van der Waals surface area contributed by atoms with Crippen molar-refractivity contribution in [2.45, 2.75) is 41.1 Å². The molecule has 0 N–H and O–H groups in total. The average molecular weight is 459 g/mol. The molecule has 3 aromatic carbocycles. The Morgan fingerprint density at radius 3 is 2.19 bits per heavy atom. The average Bonchev–Trinajstić information content (AvgIpc) is 2.78. The molecule has 0 aromatic heterocycles. The Bertz CT molecular complexity index is 1270. The molecule has 0 amide bonds. The highest BCUT2D eigenvalue weighted by Crippen LogP contribution is 2.33. The van der Waals surface area contributed by atoms with Crippen LogP contribution in [-0.4, -0.2) is 28.4 Å². The Morgan fingerprint density at radius 1 is 0.839 bits per heavy atom. The van der Waals surface area contributed by atoms with Gasteiger partial charge >= 0.3 is 0 Å². The first-order valence-corrected chi connectivity index (χ1v) is 12.8. The maximum absolute atomic E-state index is 13.4. The zero-order chi connectivity index (χ0) is 22.1. The number of sulfone groups is 1. The minimum Gasteiger partial charge on any atom is -0.486 e. The second kappa shape index (κ2) is 8.45. The summed E-state index contributed by atoms with van der Waals surface area (Å²) in [6, 6.07) is 21.0. The van der Waals surface area contributed by atoms with E-state index in [1.54, 1.807) is 42.5 Å². The highest BCUT2D eigenvalue weighted by Gasteiger charge is 2.42. The molecule has 3 aromatic rings. The number of para-hydroxylation sites is 1. The minimum atomic E-state index is -4.35. The number of hydrogen-bond acceptors (Lipinski definition) is 6. The van der Waals surface area contributed by atoms with E-state index in [1.807, 2.05) is 19.1 Å². The van der Waals surface area contributed by atoms with Crippen molar-refractivity contribution in [3.63, 3.8) is 0 Å². The van der Waals surface area contributed by atoms with Crippen molar-refractivity contribution < 1.29 is 25.8 Å². The fraction of sp³-hybridized carbons (Fsp3) is 0.217. The van der Waals surface area contributed by atoms with Gasteiger partial charge in [0.2, 0.25) is 15.3 Å². The first kappa shape index (κ1) is 21.5. The van der Waals surface area contributed by atoms with Gasteiger partial charge in [-0.1, -0.05) is 54.1 Å². The van der Waals surface area contributed by atoms with E-state index in [0.29, 0.717) is 18.6 Å². The summed E-state index contributed by atoms with van der Waals surface area (Å²) in [6.45, 7) is 1.83. The van der Waals surface area contributed by atoms with Crippen molar-refractivity contribution >= 4 is 20.0 Å². The normalized spacial score (nSPS) is 17.4. The maximum atomic E-state index is 13.4. The molecule has 0 saturated carbocycles. The topological polar surface area (TPSA) is 86.7 Å². The molecule has 6 nitrogen and oxygen atoms in total. The van der Waals surface area contributed by atoms with E-state index in [4.69, 9.17) is 8.92 Å². The first-order chi connectivity index (χ1) is 14.8. The van der Waals surface area contributed by atoms with E-state index in [0.717, 1.165) is 11.1 Å². The lowest BCUT2D eigenvalue weighted by Gasteiger charge is -2.31. The van der Waals surface area contributed by atoms with E-state index in [2.05, 4.69) is 0 Å². The van der Waals surface area contributed by atoms with Crippen LogP contribution in [0.4, 0.5) is 0 Å². The molecule has 0 spiro atoms. The standard InChI is InChI=1S/C23H22O6S2/c1-17-11-14-20(15-12-17)31(26,27)29-23(30(24,25)19-8-3-2-4-9-19)22-16-13-18-7-5-6-10-21(18)28-22/h2-12,14-15,22-23H,13,16H2,1H3/t22?,23-/m0/s1. The van der Waals surface area contributed by atoms with E-state index in [-0.39, 0.29) is 9.79 Å². The van der Waals surface area contributed by atoms with Crippen LogP contribution in [0.5, 0.6) is 5.75 Å². The van der Waals surface area contributed by atoms with E-state index in [1.165, 1.54) is 24.3 Å². The van der Waals surface area contributed by atoms with Crippen molar-refractivity contribution in [2.24, 2.45) is 0 Å². The predicted molar refractivity (Wildman–Crippen MR) is 116 cm³/mol. The zero-order valence-electron chi connectivity index (χ0n) is 16.8. The Kier molecular flexibility index (Phi) is 5.88. The number of benzene rings is 3. The van der Waals surface area contributed by atoms with Crippen LogP contribution in [0.2, 0.25) is 0 Å². The fourth-order valence-electron chi connectivity index (χ4n) is 3.48. The quantitative estimate of drug-likeness (QED) is 0.521. The third kappa shape index (κ3) is 4.51. The maximum Gasteiger partial charge on any atom is 0.298 e. The molecule has 1 aliphatic rings. The van der Waals surface area contributed by atoms with Gasteiger partial charge in [-0.2, -0.15) is 8.42 Å². The number of hydrogen-bond donors (Lipinski definition) is 0. The van der Waals surface area contributed by atoms with Crippen LogP contribution in [0.15, 0.2) is 88.7 Å². The van der Waals surface area contributed by atoms with Gasteiger partial charge in [0, 0.05) is 0 Å². The molecule has 162 valence electrons. The van der Waals surface area contributed by atoms with Crippen LogP contribution in [0.25, 0.3) is 0 Å². The summed E-state index contributed by atoms with van der Waals surface area (Å²) >= 11 is 0. The molecule has 2 atom stereocenters. The van der Waals surface area contributed by atoms with Crippen molar-refractivity contribution in [3.8, 4) is 5.75 Å². The minimum absolute atomic E-state index is 0.0263. The number of rotatable bonds is 6. The van der Waals surface area contributed by atoms with E-state index < -0.39 is 31.5 Å². The molecule has 0 aliphatic carbocycles. The number of fused-ring (bicyclic) bond motifs is 1. The van der Waals surface area contributed by atoms with Gasteiger partial charge in [-0.15, -0.1) is 0 Å². The Balaban J connectivity index is 1.74. The third-order valence-electron chi connectivity index (χ3n) is 5.16. The van der Waals surface area contributed by atoms with Gasteiger partial charge in [-0.3, -0.25) is 0 Å². The summed E-state index contributed by atoms with van der Waals surface area (Å²) in [6.07, 6.45) is -0.132. The number of ether oxygens (including phenoxy) is 1. The van der Waals surface area contributed by atoms with Crippen LogP contribution in [-0.2, 0) is 30.6 Å². The highest BCUT2D eigenvalue weighted by atomic mass is 32.2. The van der Waals surface area contributed by atoms with E-state index >= 15 is 0 Å². The monoisotopic (exact) mass is 458 g/mol. The van der Waals surface area contributed by atoms with Crippen LogP contribution < -0.4 is 4.74 Å². The molecule has 1 heterocycles. The van der Waals surface area contributed by atoms with Crippen molar-refractivity contribution in [1.29, 1.82) is 0 Å². The molecule has 0 bridgehead atoms. The Morgan fingerprint density at radius 2 is 1.48 bits per heavy atom. The highest BCUT2D eigenvalue weighted by molar-refractivity contribution is 7.93. The lowest BCUT2D eigenvalue weighted by molar-refractivity contribution is 0.0876. The predicted octanol–water partition coefficient (Wildman–Crippen LogP) is 3.89. The van der Waals surface area contributed by atoms with Gasteiger partial charge < -0.3 is 4.74 Å². The molecule has 1 aliphatic heterocycles. The summed E-state index contributed by atoms with van der Waals surface area (Å²) in [4.78, 5) is -0.135. The molecule has 31 heavy (non-hydrogen) atoms. The molecular weight excluding hydrogens is 436 g/mol. The van der Waals surface area contributed by atoms with Gasteiger partial charge in [0.15, 0.2) is 0 Å². The SMILES string of the molecule is Cc1ccc(S(=O)(=O)O[C@H](C2CCc3ccccc3O2)S(=O)(=O)c2ccccc2)cc1. The zero-order valence-corrected chi connectivity index (χ0v) is 18.5. The Labute approximate surface area is 182 Å². The van der Waals surface area contributed by atoms with Gasteiger partial charge in [0.05, 0.1) is 9.79 Å². The summed E-state index contributed by atoms with van der Waals surface area (Å²) in [5.74, 6) is 0.531. The van der Waals surface area contributed by atoms with Crippen LogP contribution in [0.1, 0.15) is 17.5 Å². The fourth-order valence-corrected chi connectivity index (χ4v) is 6.55. The molecule has 4 rings (SSSR count). The summed E-state index contributed by atoms with van der Waals surface area (Å²) in [7, 11) is -8.53. The van der Waals surface area contributed by atoms with Crippen molar-refractivity contribution in [3.05, 3.63) is 90.0 Å². The first-order valence-electron chi connectivity index (χ1n) is 9.81. The van der Waals surface area contributed by atoms with Gasteiger partial charge in [0.25, 0.3) is 10.1 Å². The molecule has 1 unspecified atom stereocenters. The van der Waals surface area contributed by atoms with Crippen molar-refractivity contribution in [2.75, 3.05) is 0 Å². The third-order valence-corrected chi connectivity index (χ3v) is 8.53. The van der Waals surface area contributed by atoms with Gasteiger partial charge in [-0.05, 0) is 55.7 Å². The van der Waals surface area contributed by atoms with Crippen molar-refractivity contribution in [1.82, 2.24) is 0 Å². The van der Waals surface area contributed by atoms with E-state index in [9.17, 15) is 16.8 Å². The van der Waals surface area contributed by atoms with Crippen LogP contribution in [0.3, 0.4) is 0 Å². The molecule has 8 heteroatoms. The smallest absolute Gasteiger partial charge is 0.298 e. The molecule has 0 saturated heterocycles. The summed E-state index contributed by atoms with van der Waals surface area (Å²) in [5, 5.41) is 0. The van der Waals surface area contributed by atoms with Gasteiger partial charge in [-0.25, -0.2) is 12.6 Å². The van der Waals surface area contributed by atoms with Gasteiger partial charge in [0.1, 0.15) is 11.9 Å². The Hall–Kier alpha value is -2.68.